The van der Waals surface area contributed by atoms with Crippen LogP contribution >= 0.6 is 0 Å². The zero-order valence-electron chi connectivity index (χ0n) is 19.3. The minimum Gasteiger partial charge on any atom is -0.483 e. The van der Waals surface area contributed by atoms with Crippen molar-refractivity contribution in [2.24, 2.45) is 5.92 Å². The maximum Gasteiger partial charge on any atom is 0.273 e. The molecule has 0 saturated carbocycles. The van der Waals surface area contributed by atoms with Crippen molar-refractivity contribution < 1.29 is 31.9 Å². The van der Waals surface area contributed by atoms with Crippen LogP contribution in [0.4, 0.5) is 23.2 Å². The van der Waals surface area contributed by atoms with E-state index in [1.807, 2.05) is 20.8 Å². The highest BCUT2D eigenvalue weighted by atomic mass is 19.2. The molecule has 7 nitrogen and oxygen atoms in total. The van der Waals surface area contributed by atoms with Gasteiger partial charge in [0.2, 0.25) is 11.6 Å². The second kappa shape index (κ2) is 11.0. The standard InChI is InChI=1S/C24H24F4N4O3/c1-4-32-11-18(21(31-32)24(34)29-10-13(2)3)30-23(33)15-7-5-14(6-8-15)12-35-22-19(27)16(25)9-17(26)20(22)28/h5-9,11,13H,4,10,12H2,1-3H3,(H,29,34)(H,30,33). The zero-order chi connectivity index (χ0) is 25.7. The summed E-state index contributed by atoms with van der Waals surface area (Å²) in [6.45, 7) is 6.28. The number of hydrogen-bond donors (Lipinski definition) is 2. The number of nitrogens with one attached hydrogen (secondary N) is 2. The molecule has 0 atom stereocenters. The molecular formula is C24H24F4N4O3. The molecule has 0 unspecified atom stereocenters. The van der Waals surface area contributed by atoms with Crippen molar-refractivity contribution in [3.8, 4) is 5.75 Å². The van der Waals surface area contributed by atoms with Gasteiger partial charge in [0, 0.05) is 30.9 Å². The monoisotopic (exact) mass is 492 g/mol. The topological polar surface area (TPSA) is 85.2 Å². The fourth-order valence-corrected chi connectivity index (χ4v) is 3.00. The van der Waals surface area contributed by atoms with Crippen LogP contribution in [-0.4, -0.2) is 28.1 Å². The molecule has 0 aliphatic carbocycles. The number of nitrogens with zero attached hydrogens (tertiary/aromatic N) is 2. The number of hydrogen-bond acceptors (Lipinski definition) is 4. The molecule has 2 aromatic carbocycles. The summed E-state index contributed by atoms with van der Waals surface area (Å²) in [5.41, 5.74) is 0.931. The molecule has 2 N–H and O–H groups in total. The summed E-state index contributed by atoms with van der Waals surface area (Å²) in [6, 6.07) is 5.85. The quantitative estimate of drug-likeness (QED) is 0.336. The maximum atomic E-state index is 13.7. The van der Waals surface area contributed by atoms with Crippen LogP contribution in [0.2, 0.25) is 0 Å². The van der Waals surface area contributed by atoms with E-state index in [1.165, 1.54) is 28.9 Å². The molecule has 2 amide bonds. The maximum absolute atomic E-state index is 13.7. The number of carbonyl (C=O) groups is 2. The molecule has 0 aliphatic heterocycles. The van der Waals surface area contributed by atoms with Crippen molar-refractivity contribution >= 4 is 17.5 Å². The minimum atomic E-state index is -1.64. The van der Waals surface area contributed by atoms with Crippen LogP contribution in [0.3, 0.4) is 0 Å². The summed E-state index contributed by atoms with van der Waals surface area (Å²) in [5, 5.41) is 9.62. The van der Waals surface area contributed by atoms with Crippen molar-refractivity contribution in [3.63, 3.8) is 0 Å². The first-order valence-electron chi connectivity index (χ1n) is 10.8. The Bertz CT molecular complexity index is 1200. The molecule has 0 saturated heterocycles. The largest absolute Gasteiger partial charge is 0.483 e. The molecular weight excluding hydrogens is 468 g/mol. The SMILES string of the molecule is CCn1cc(NC(=O)c2ccc(COc3c(F)c(F)cc(F)c3F)cc2)c(C(=O)NCC(C)C)n1. The molecule has 0 bridgehead atoms. The van der Waals surface area contributed by atoms with E-state index in [9.17, 15) is 27.2 Å². The predicted molar refractivity (Wildman–Crippen MR) is 120 cm³/mol. The fraction of sp³-hybridized carbons (Fsp3) is 0.292. The molecule has 0 spiro atoms. The lowest BCUT2D eigenvalue weighted by atomic mass is 10.1. The normalized spacial score (nSPS) is 11.0. The van der Waals surface area contributed by atoms with Gasteiger partial charge in [0.05, 0.1) is 5.69 Å². The number of halogens is 4. The first-order valence-corrected chi connectivity index (χ1v) is 10.8. The van der Waals surface area contributed by atoms with Gasteiger partial charge in [-0.3, -0.25) is 14.3 Å². The third kappa shape index (κ3) is 6.17. The Morgan fingerprint density at radius 2 is 1.66 bits per heavy atom. The summed E-state index contributed by atoms with van der Waals surface area (Å²) in [4.78, 5) is 25.2. The van der Waals surface area contributed by atoms with Crippen LogP contribution in [0, 0.1) is 29.2 Å². The molecule has 0 aliphatic rings. The van der Waals surface area contributed by atoms with Gasteiger partial charge in [-0.15, -0.1) is 0 Å². The summed E-state index contributed by atoms with van der Waals surface area (Å²) < 4.78 is 60.5. The van der Waals surface area contributed by atoms with E-state index in [0.29, 0.717) is 18.7 Å². The van der Waals surface area contributed by atoms with Crippen molar-refractivity contribution in [3.05, 3.63) is 76.6 Å². The highest BCUT2D eigenvalue weighted by Crippen LogP contribution is 2.27. The molecule has 1 aromatic heterocycles. The van der Waals surface area contributed by atoms with Crippen LogP contribution in [0.5, 0.6) is 5.75 Å². The van der Waals surface area contributed by atoms with Crippen molar-refractivity contribution in [1.82, 2.24) is 15.1 Å². The molecule has 1 heterocycles. The van der Waals surface area contributed by atoms with E-state index in [-0.39, 0.29) is 28.9 Å². The molecule has 186 valence electrons. The van der Waals surface area contributed by atoms with Crippen molar-refractivity contribution in [2.45, 2.75) is 33.9 Å². The lowest BCUT2D eigenvalue weighted by molar-refractivity contribution is 0.0944. The minimum absolute atomic E-state index is 0.0808. The summed E-state index contributed by atoms with van der Waals surface area (Å²) >= 11 is 0. The Kier molecular flexibility index (Phi) is 8.10. The predicted octanol–water partition coefficient (Wildman–Crippen LogP) is 4.68. The Morgan fingerprint density at radius 1 is 1.03 bits per heavy atom. The Morgan fingerprint density at radius 3 is 2.23 bits per heavy atom. The van der Waals surface area contributed by atoms with Gasteiger partial charge in [0.1, 0.15) is 6.61 Å². The third-order valence-corrected chi connectivity index (χ3v) is 4.89. The molecule has 0 radical (unpaired) electrons. The van der Waals surface area contributed by atoms with Crippen LogP contribution < -0.4 is 15.4 Å². The summed E-state index contributed by atoms with van der Waals surface area (Å²) in [6.07, 6.45) is 1.55. The zero-order valence-corrected chi connectivity index (χ0v) is 19.3. The molecule has 3 rings (SSSR count). The number of aromatic nitrogens is 2. The molecule has 3 aromatic rings. The first-order chi connectivity index (χ1) is 16.6. The van der Waals surface area contributed by atoms with Gasteiger partial charge in [-0.25, -0.2) is 8.78 Å². The molecule has 11 heteroatoms. The third-order valence-electron chi connectivity index (χ3n) is 4.89. The average Bonchev–Trinajstić information content (AvgIpc) is 3.24. The number of benzene rings is 2. The Hall–Kier alpha value is -3.89. The highest BCUT2D eigenvalue weighted by molar-refractivity contribution is 6.08. The van der Waals surface area contributed by atoms with Gasteiger partial charge in [-0.2, -0.15) is 13.9 Å². The fourth-order valence-electron chi connectivity index (χ4n) is 3.00. The number of aryl methyl sites for hydroxylation is 1. The van der Waals surface area contributed by atoms with Gasteiger partial charge in [-0.1, -0.05) is 26.0 Å². The second-order valence-electron chi connectivity index (χ2n) is 8.09. The van der Waals surface area contributed by atoms with E-state index in [0.717, 1.165) is 0 Å². The van der Waals surface area contributed by atoms with E-state index in [1.54, 1.807) is 6.20 Å². The van der Waals surface area contributed by atoms with Crippen molar-refractivity contribution in [2.75, 3.05) is 11.9 Å². The van der Waals surface area contributed by atoms with Gasteiger partial charge in [0.25, 0.3) is 11.8 Å². The summed E-state index contributed by atoms with van der Waals surface area (Å²) in [7, 11) is 0. The number of rotatable bonds is 9. The number of ether oxygens (including phenoxy) is 1. The number of amides is 2. The van der Waals surface area contributed by atoms with Crippen molar-refractivity contribution in [1.29, 1.82) is 0 Å². The summed E-state index contributed by atoms with van der Waals surface area (Å²) in [5.74, 6) is -8.29. The lowest BCUT2D eigenvalue weighted by Gasteiger charge is -2.10. The Balaban J connectivity index is 1.69. The van der Waals surface area contributed by atoms with Gasteiger partial charge < -0.3 is 15.4 Å². The van der Waals surface area contributed by atoms with Crippen LogP contribution in [0.15, 0.2) is 36.5 Å². The molecule has 0 fully saturated rings. The van der Waals surface area contributed by atoms with Gasteiger partial charge >= 0.3 is 0 Å². The highest BCUT2D eigenvalue weighted by Gasteiger charge is 2.21. The van der Waals surface area contributed by atoms with Gasteiger partial charge in [0.15, 0.2) is 23.1 Å². The lowest BCUT2D eigenvalue weighted by Crippen LogP contribution is -2.28. The van der Waals surface area contributed by atoms with Crippen LogP contribution in [0.25, 0.3) is 0 Å². The van der Waals surface area contributed by atoms with Crippen LogP contribution in [0.1, 0.15) is 47.2 Å². The molecule has 35 heavy (non-hydrogen) atoms. The van der Waals surface area contributed by atoms with Crippen LogP contribution in [-0.2, 0) is 13.2 Å². The second-order valence-corrected chi connectivity index (χ2v) is 8.09. The first kappa shape index (κ1) is 25.7. The van der Waals surface area contributed by atoms with E-state index < -0.39 is 47.4 Å². The average molecular weight is 492 g/mol. The van der Waals surface area contributed by atoms with E-state index in [2.05, 4.69) is 15.7 Å². The Labute approximate surface area is 199 Å². The van der Waals surface area contributed by atoms with E-state index in [4.69, 9.17) is 4.74 Å². The van der Waals surface area contributed by atoms with E-state index >= 15 is 0 Å². The number of anilines is 1. The van der Waals surface area contributed by atoms with Gasteiger partial charge in [-0.05, 0) is 30.5 Å². The number of carbonyl (C=O) groups excluding carboxylic acids is 2. The smallest absolute Gasteiger partial charge is 0.273 e.